The lowest BCUT2D eigenvalue weighted by molar-refractivity contribution is -0.124. The molecule has 1 atom stereocenters. The highest BCUT2D eigenvalue weighted by Gasteiger charge is 2.44. The van der Waals surface area contributed by atoms with Crippen LogP contribution in [0.4, 0.5) is 11.4 Å². The Bertz CT molecular complexity index is 1590. The third-order valence-electron chi connectivity index (χ3n) is 8.87. The normalized spacial score (nSPS) is 17.0. The molecule has 252 valence electrons. The van der Waals surface area contributed by atoms with Gasteiger partial charge in [-0.05, 0) is 124 Å². The Hall–Kier alpha value is -4.61. The highest BCUT2D eigenvalue weighted by atomic mass is 32.1. The van der Waals surface area contributed by atoms with Crippen LogP contribution in [0.3, 0.4) is 0 Å². The number of nitrogens with zero attached hydrogens (tertiary/aromatic N) is 3. The number of hydrogen-bond donors (Lipinski definition) is 1. The molecule has 2 fully saturated rings. The molecule has 1 N–H and O–H groups in total. The van der Waals surface area contributed by atoms with Crippen LogP contribution >= 0.6 is 12.2 Å². The van der Waals surface area contributed by atoms with E-state index in [1.807, 2.05) is 4.90 Å². The second-order valence-corrected chi connectivity index (χ2v) is 12.4. The summed E-state index contributed by atoms with van der Waals surface area (Å²) in [5, 5.41) is 3.16. The maximum atomic E-state index is 13.9. The van der Waals surface area contributed by atoms with Gasteiger partial charge in [-0.2, -0.15) is 0 Å². The van der Waals surface area contributed by atoms with Crippen molar-refractivity contribution in [1.82, 2.24) is 9.80 Å². The number of esters is 2. The van der Waals surface area contributed by atoms with Gasteiger partial charge in [0, 0.05) is 12.2 Å². The summed E-state index contributed by atoms with van der Waals surface area (Å²) in [6.07, 6.45) is 4.07. The minimum atomic E-state index is -0.798. The van der Waals surface area contributed by atoms with Gasteiger partial charge >= 0.3 is 11.9 Å². The van der Waals surface area contributed by atoms with Gasteiger partial charge in [-0.25, -0.2) is 9.59 Å². The molecule has 2 aliphatic heterocycles. The minimum absolute atomic E-state index is 0.111. The fourth-order valence-electron chi connectivity index (χ4n) is 6.31. The largest absolute Gasteiger partial charge is 0.465 e. The molecular weight excluding hydrogens is 628 g/mol. The van der Waals surface area contributed by atoms with Gasteiger partial charge in [0.1, 0.15) is 6.04 Å². The highest BCUT2D eigenvalue weighted by molar-refractivity contribution is 7.80. The van der Waals surface area contributed by atoms with E-state index in [2.05, 4.69) is 40.5 Å². The maximum absolute atomic E-state index is 13.9. The topological polar surface area (TPSA) is 108 Å². The number of rotatable bonds is 13. The van der Waals surface area contributed by atoms with Crippen molar-refractivity contribution in [3.05, 3.63) is 95.6 Å². The van der Waals surface area contributed by atoms with E-state index < -0.39 is 18.0 Å². The molecule has 2 aliphatic rings. The Labute approximate surface area is 287 Å². The SMILES string of the molecule is CCOC(=O)c1ccc(N2C(=O)[C@@H](CC(=O)Nc3ccc(C(=O)OC)cc3)N(CCCN3CCC(Cc4ccccc4)CC3)C2=S)cc1. The Morgan fingerprint density at radius 2 is 1.52 bits per heavy atom. The first-order valence-electron chi connectivity index (χ1n) is 16.4. The lowest BCUT2D eigenvalue weighted by Gasteiger charge is -2.33. The van der Waals surface area contributed by atoms with Gasteiger partial charge < -0.3 is 24.6 Å². The number of methoxy groups -OCH3 is 1. The van der Waals surface area contributed by atoms with Crippen molar-refractivity contribution < 1.29 is 28.7 Å². The van der Waals surface area contributed by atoms with Gasteiger partial charge in [0.2, 0.25) is 5.91 Å². The van der Waals surface area contributed by atoms with Crippen molar-refractivity contribution in [2.24, 2.45) is 5.92 Å². The van der Waals surface area contributed by atoms with Crippen molar-refractivity contribution >= 4 is 52.5 Å². The molecule has 11 heteroatoms. The predicted octanol–water partition coefficient (Wildman–Crippen LogP) is 5.33. The Kier molecular flexibility index (Phi) is 11.9. The molecule has 0 aromatic heterocycles. The number of likely N-dealkylation sites (tertiary alicyclic amines) is 1. The van der Waals surface area contributed by atoms with Crippen molar-refractivity contribution in [3.63, 3.8) is 0 Å². The second-order valence-electron chi connectivity index (χ2n) is 12.1. The second kappa shape index (κ2) is 16.5. The Morgan fingerprint density at radius 3 is 2.17 bits per heavy atom. The monoisotopic (exact) mass is 670 g/mol. The van der Waals surface area contributed by atoms with Gasteiger partial charge in [0.25, 0.3) is 5.91 Å². The molecule has 3 aromatic rings. The number of thiocarbonyl (C=S) groups is 1. The molecule has 2 saturated heterocycles. The molecule has 0 radical (unpaired) electrons. The van der Waals surface area contributed by atoms with Gasteiger partial charge in [-0.3, -0.25) is 14.5 Å². The number of benzene rings is 3. The zero-order valence-corrected chi connectivity index (χ0v) is 28.2. The van der Waals surface area contributed by atoms with E-state index in [0.717, 1.165) is 45.3 Å². The molecule has 0 aliphatic carbocycles. The van der Waals surface area contributed by atoms with E-state index in [1.54, 1.807) is 55.5 Å². The number of nitrogens with one attached hydrogen (secondary N) is 1. The lowest BCUT2D eigenvalue weighted by atomic mass is 9.90. The number of amides is 2. The Morgan fingerprint density at radius 1 is 0.875 bits per heavy atom. The quantitative estimate of drug-likeness (QED) is 0.191. The average molecular weight is 671 g/mol. The number of carbonyl (C=O) groups is 4. The summed E-state index contributed by atoms with van der Waals surface area (Å²) < 4.78 is 9.83. The summed E-state index contributed by atoms with van der Waals surface area (Å²) in [5.41, 5.74) is 3.13. The van der Waals surface area contributed by atoms with E-state index in [1.165, 1.54) is 17.6 Å². The summed E-state index contributed by atoms with van der Waals surface area (Å²) in [6.45, 7) is 5.43. The van der Waals surface area contributed by atoms with E-state index in [4.69, 9.17) is 21.7 Å². The van der Waals surface area contributed by atoms with Crippen molar-refractivity contribution in [2.75, 3.05) is 50.1 Å². The molecule has 3 aromatic carbocycles. The molecule has 0 spiro atoms. The zero-order valence-electron chi connectivity index (χ0n) is 27.4. The lowest BCUT2D eigenvalue weighted by Crippen LogP contribution is -2.40. The van der Waals surface area contributed by atoms with Crippen LogP contribution in [0.1, 0.15) is 58.9 Å². The van der Waals surface area contributed by atoms with Gasteiger partial charge in [-0.1, -0.05) is 30.3 Å². The predicted molar refractivity (Wildman–Crippen MR) is 188 cm³/mol. The third-order valence-corrected chi connectivity index (χ3v) is 9.29. The van der Waals surface area contributed by atoms with E-state index in [0.29, 0.717) is 40.1 Å². The summed E-state index contributed by atoms with van der Waals surface area (Å²) in [5.74, 6) is -0.899. The van der Waals surface area contributed by atoms with Gasteiger partial charge in [0.05, 0.1) is 37.0 Å². The molecule has 48 heavy (non-hydrogen) atoms. The average Bonchev–Trinajstić information content (AvgIpc) is 3.33. The van der Waals surface area contributed by atoms with Crippen molar-refractivity contribution in [1.29, 1.82) is 0 Å². The van der Waals surface area contributed by atoms with Gasteiger partial charge in [0.15, 0.2) is 5.11 Å². The fourth-order valence-corrected chi connectivity index (χ4v) is 6.72. The van der Waals surface area contributed by atoms with Crippen LogP contribution in [0.5, 0.6) is 0 Å². The number of anilines is 2. The van der Waals surface area contributed by atoms with Crippen LogP contribution in [0, 0.1) is 5.92 Å². The van der Waals surface area contributed by atoms with Crippen LogP contribution < -0.4 is 10.2 Å². The first kappa shape index (κ1) is 34.7. The standard InChI is InChI=1S/C37H42N4O6S/c1-3-47-36(45)29-12-16-31(17-13-29)41-34(43)32(25-33(42)38-30-14-10-28(11-15-30)35(44)46-2)40(37(41)48)21-7-20-39-22-18-27(19-23-39)24-26-8-5-4-6-9-26/h4-6,8-17,27,32H,3,7,18-25H2,1-2H3,(H,38,42)/t32-/m1/s1. The van der Waals surface area contributed by atoms with Crippen LogP contribution in [-0.4, -0.2) is 84.6 Å². The number of piperidine rings is 1. The third kappa shape index (κ3) is 8.64. The van der Waals surface area contributed by atoms with Crippen LogP contribution in [0.25, 0.3) is 0 Å². The zero-order chi connectivity index (χ0) is 34.0. The summed E-state index contributed by atoms with van der Waals surface area (Å²) in [4.78, 5) is 56.9. The van der Waals surface area contributed by atoms with Crippen LogP contribution in [0.15, 0.2) is 78.9 Å². The Balaban J connectivity index is 1.23. The van der Waals surface area contributed by atoms with E-state index >= 15 is 0 Å². The molecule has 0 unspecified atom stereocenters. The summed E-state index contributed by atoms with van der Waals surface area (Å²) in [7, 11) is 1.31. The van der Waals surface area contributed by atoms with E-state index in [-0.39, 0.29) is 24.8 Å². The fraction of sp³-hybridized carbons (Fsp3) is 0.378. The first-order valence-corrected chi connectivity index (χ1v) is 16.8. The number of hydrogen-bond acceptors (Lipinski definition) is 8. The molecule has 5 rings (SSSR count). The molecule has 0 saturated carbocycles. The molecule has 0 bridgehead atoms. The molecule has 10 nitrogen and oxygen atoms in total. The van der Waals surface area contributed by atoms with Crippen LogP contribution in [0.2, 0.25) is 0 Å². The summed E-state index contributed by atoms with van der Waals surface area (Å²) >= 11 is 5.85. The maximum Gasteiger partial charge on any atom is 0.338 e. The molecule has 2 heterocycles. The van der Waals surface area contributed by atoms with E-state index in [9.17, 15) is 19.2 Å². The van der Waals surface area contributed by atoms with Crippen molar-refractivity contribution in [3.8, 4) is 0 Å². The van der Waals surface area contributed by atoms with Crippen molar-refractivity contribution in [2.45, 2.75) is 45.1 Å². The molecule has 2 amide bonds. The van der Waals surface area contributed by atoms with Crippen LogP contribution in [-0.2, 0) is 25.5 Å². The smallest absolute Gasteiger partial charge is 0.338 e. The summed E-state index contributed by atoms with van der Waals surface area (Å²) in [6, 6.07) is 22.7. The number of ether oxygens (including phenoxy) is 2. The van der Waals surface area contributed by atoms with Gasteiger partial charge in [-0.15, -0.1) is 0 Å². The highest BCUT2D eigenvalue weighted by Crippen LogP contribution is 2.29. The first-order chi connectivity index (χ1) is 23.3. The molecular formula is C37H42N4O6S. The number of carbonyl (C=O) groups excluding carboxylic acids is 4. The minimum Gasteiger partial charge on any atom is -0.465 e.